The second-order valence-corrected chi connectivity index (χ2v) is 3.95. The summed E-state index contributed by atoms with van der Waals surface area (Å²) in [6.07, 6.45) is 0. The van der Waals surface area contributed by atoms with Gasteiger partial charge in [-0.25, -0.2) is 4.98 Å². The van der Waals surface area contributed by atoms with Crippen LogP contribution >= 0.6 is 11.6 Å². The molecule has 18 heavy (non-hydrogen) atoms. The topological polar surface area (TPSA) is 77.0 Å². The Balaban J connectivity index is 2.21. The second-order valence-electron chi connectivity index (χ2n) is 3.52. The number of aromatic nitrogens is 3. The molecule has 0 bridgehead atoms. The third-order valence-corrected chi connectivity index (χ3v) is 2.45. The van der Waals surface area contributed by atoms with E-state index >= 15 is 0 Å². The summed E-state index contributed by atoms with van der Waals surface area (Å²) < 4.78 is 4.83. The van der Waals surface area contributed by atoms with Gasteiger partial charge < -0.3 is 10.1 Å². The van der Waals surface area contributed by atoms with Crippen LogP contribution in [0.3, 0.4) is 0 Å². The highest BCUT2D eigenvalue weighted by atomic mass is 35.5. The SMILES string of the molecule is COCCNC(=O)c1nnc2ccc(Cl)cc2n1. The average Bonchev–Trinajstić information content (AvgIpc) is 2.38. The first-order chi connectivity index (χ1) is 8.70. The zero-order chi connectivity index (χ0) is 13.0. The van der Waals surface area contributed by atoms with Crippen molar-refractivity contribution in [2.24, 2.45) is 0 Å². The van der Waals surface area contributed by atoms with Gasteiger partial charge >= 0.3 is 0 Å². The number of benzene rings is 1. The summed E-state index contributed by atoms with van der Waals surface area (Å²) in [5.74, 6) is -0.373. The molecule has 94 valence electrons. The molecule has 0 radical (unpaired) electrons. The molecule has 2 aromatic rings. The Hall–Kier alpha value is -1.79. The van der Waals surface area contributed by atoms with Gasteiger partial charge in [-0.1, -0.05) is 11.6 Å². The first-order valence-electron chi connectivity index (χ1n) is 5.28. The zero-order valence-corrected chi connectivity index (χ0v) is 10.4. The monoisotopic (exact) mass is 266 g/mol. The predicted molar refractivity (Wildman–Crippen MR) is 66.6 cm³/mol. The fraction of sp³-hybridized carbons (Fsp3) is 0.273. The van der Waals surface area contributed by atoms with Crippen molar-refractivity contribution in [2.45, 2.75) is 0 Å². The Morgan fingerprint density at radius 1 is 1.39 bits per heavy atom. The number of hydrogen-bond donors (Lipinski definition) is 1. The van der Waals surface area contributed by atoms with Gasteiger partial charge in [-0.05, 0) is 18.2 Å². The Bertz CT molecular complexity index is 576. The Kier molecular flexibility index (Phi) is 4.01. The summed E-state index contributed by atoms with van der Waals surface area (Å²) in [6.45, 7) is 0.824. The van der Waals surface area contributed by atoms with Crippen LogP contribution in [0.2, 0.25) is 5.02 Å². The Morgan fingerprint density at radius 3 is 3.00 bits per heavy atom. The molecule has 0 saturated carbocycles. The molecule has 0 unspecified atom stereocenters. The van der Waals surface area contributed by atoms with Crippen LogP contribution in [-0.4, -0.2) is 41.3 Å². The van der Waals surface area contributed by atoms with E-state index in [0.29, 0.717) is 29.2 Å². The lowest BCUT2D eigenvalue weighted by molar-refractivity contribution is 0.0926. The lowest BCUT2D eigenvalue weighted by Gasteiger charge is -2.03. The molecule has 1 aromatic carbocycles. The second kappa shape index (κ2) is 5.70. The molecule has 1 amide bonds. The lowest BCUT2D eigenvalue weighted by atomic mass is 10.3. The van der Waals surface area contributed by atoms with Gasteiger partial charge in [0.2, 0.25) is 5.82 Å². The van der Waals surface area contributed by atoms with Crippen molar-refractivity contribution >= 4 is 28.5 Å². The average molecular weight is 267 g/mol. The van der Waals surface area contributed by atoms with Crippen LogP contribution in [0.4, 0.5) is 0 Å². The van der Waals surface area contributed by atoms with Crippen LogP contribution in [0.5, 0.6) is 0 Å². The standard InChI is InChI=1S/C11H11ClN4O2/c1-18-5-4-13-11(17)10-14-9-6-7(12)2-3-8(9)15-16-10/h2-3,6H,4-5H2,1H3,(H,13,17). The maximum absolute atomic E-state index is 11.7. The highest BCUT2D eigenvalue weighted by Gasteiger charge is 2.10. The largest absolute Gasteiger partial charge is 0.383 e. The lowest BCUT2D eigenvalue weighted by Crippen LogP contribution is -2.28. The maximum atomic E-state index is 11.7. The van der Waals surface area contributed by atoms with E-state index in [1.165, 1.54) is 0 Å². The fourth-order valence-corrected chi connectivity index (χ4v) is 1.52. The van der Waals surface area contributed by atoms with Crippen LogP contribution in [0.15, 0.2) is 18.2 Å². The van der Waals surface area contributed by atoms with Crippen LogP contribution in [0.25, 0.3) is 11.0 Å². The van der Waals surface area contributed by atoms with Gasteiger partial charge in [0.05, 0.1) is 12.1 Å². The molecule has 1 aromatic heterocycles. The van der Waals surface area contributed by atoms with Crippen molar-refractivity contribution in [3.8, 4) is 0 Å². The molecule has 1 N–H and O–H groups in total. The summed E-state index contributed by atoms with van der Waals surface area (Å²) in [7, 11) is 1.56. The van der Waals surface area contributed by atoms with Crippen LogP contribution in [0.1, 0.15) is 10.6 Å². The molecule has 0 aliphatic rings. The van der Waals surface area contributed by atoms with Crippen molar-refractivity contribution in [3.05, 3.63) is 29.0 Å². The van der Waals surface area contributed by atoms with E-state index in [2.05, 4.69) is 20.5 Å². The summed E-state index contributed by atoms with van der Waals surface area (Å²) in [5.41, 5.74) is 1.13. The van der Waals surface area contributed by atoms with E-state index in [1.807, 2.05) is 0 Å². The van der Waals surface area contributed by atoms with Gasteiger partial charge in [0.25, 0.3) is 5.91 Å². The molecule has 0 aliphatic heterocycles. The molecule has 0 atom stereocenters. The summed E-state index contributed by atoms with van der Waals surface area (Å²) in [6, 6.07) is 5.03. The number of hydrogen-bond acceptors (Lipinski definition) is 5. The first kappa shape index (κ1) is 12.7. The molecule has 0 aliphatic carbocycles. The normalized spacial score (nSPS) is 10.6. The van der Waals surface area contributed by atoms with Gasteiger partial charge in [-0.15, -0.1) is 10.2 Å². The summed E-state index contributed by atoms with van der Waals surface area (Å²) in [5, 5.41) is 10.8. The number of amides is 1. The molecule has 7 heteroatoms. The quantitative estimate of drug-likeness (QED) is 0.837. The van der Waals surface area contributed by atoms with Gasteiger partial charge in [0.15, 0.2) is 0 Å². The molecule has 6 nitrogen and oxygen atoms in total. The van der Waals surface area contributed by atoms with E-state index in [9.17, 15) is 4.79 Å². The van der Waals surface area contributed by atoms with E-state index < -0.39 is 0 Å². The summed E-state index contributed by atoms with van der Waals surface area (Å²) in [4.78, 5) is 15.8. The molecular formula is C11H11ClN4O2. The molecule has 0 fully saturated rings. The van der Waals surface area contributed by atoms with Crippen LogP contribution < -0.4 is 5.32 Å². The van der Waals surface area contributed by atoms with Gasteiger partial charge in [0.1, 0.15) is 5.52 Å². The number of rotatable bonds is 4. The Labute approximate surface area is 108 Å². The number of carbonyl (C=O) groups excluding carboxylic acids is 1. The number of carbonyl (C=O) groups is 1. The van der Waals surface area contributed by atoms with Crippen molar-refractivity contribution < 1.29 is 9.53 Å². The fourth-order valence-electron chi connectivity index (χ4n) is 1.35. The Morgan fingerprint density at radius 2 is 2.22 bits per heavy atom. The molecule has 0 spiro atoms. The first-order valence-corrected chi connectivity index (χ1v) is 5.65. The van der Waals surface area contributed by atoms with E-state index in [4.69, 9.17) is 16.3 Å². The maximum Gasteiger partial charge on any atom is 0.291 e. The van der Waals surface area contributed by atoms with Gasteiger partial charge in [-0.2, -0.15) is 0 Å². The van der Waals surface area contributed by atoms with Crippen LogP contribution in [-0.2, 0) is 4.74 Å². The number of nitrogens with one attached hydrogen (secondary N) is 1. The molecule has 0 saturated heterocycles. The zero-order valence-electron chi connectivity index (χ0n) is 9.68. The third-order valence-electron chi connectivity index (χ3n) is 2.21. The third kappa shape index (κ3) is 2.91. The van der Waals surface area contributed by atoms with Crippen LogP contribution in [0, 0.1) is 0 Å². The highest BCUT2D eigenvalue weighted by Crippen LogP contribution is 2.14. The smallest absolute Gasteiger partial charge is 0.291 e. The minimum Gasteiger partial charge on any atom is -0.383 e. The van der Waals surface area contributed by atoms with Crippen molar-refractivity contribution in [1.82, 2.24) is 20.5 Å². The number of methoxy groups -OCH3 is 1. The number of halogens is 1. The van der Waals surface area contributed by atoms with Gasteiger partial charge in [0, 0.05) is 18.7 Å². The molecular weight excluding hydrogens is 256 g/mol. The van der Waals surface area contributed by atoms with Crippen molar-refractivity contribution in [1.29, 1.82) is 0 Å². The van der Waals surface area contributed by atoms with E-state index in [-0.39, 0.29) is 11.7 Å². The summed E-state index contributed by atoms with van der Waals surface area (Å²) >= 11 is 5.85. The van der Waals surface area contributed by atoms with E-state index in [1.54, 1.807) is 25.3 Å². The van der Waals surface area contributed by atoms with Crippen molar-refractivity contribution in [3.63, 3.8) is 0 Å². The van der Waals surface area contributed by atoms with Crippen molar-refractivity contribution in [2.75, 3.05) is 20.3 Å². The number of fused-ring (bicyclic) bond motifs is 1. The molecule has 1 heterocycles. The predicted octanol–water partition coefficient (Wildman–Crippen LogP) is 1.05. The van der Waals surface area contributed by atoms with E-state index in [0.717, 1.165) is 0 Å². The number of ether oxygens (including phenoxy) is 1. The highest BCUT2D eigenvalue weighted by molar-refractivity contribution is 6.31. The number of nitrogens with zero attached hydrogens (tertiary/aromatic N) is 3. The minimum absolute atomic E-state index is 0.0147. The molecule has 2 rings (SSSR count). The van der Waals surface area contributed by atoms with Gasteiger partial charge in [-0.3, -0.25) is 4.79 Å². The minimum atomic E-state index is -0.388.